The first-order valence-corrected chi connectivity index (χ1v) is 6.98. The van der Waals surface area contributed by atoms with Crippen LogP contribution in [-0.2, 0) is 9.59 Å². The van der Waals surface area contributed by atoms with E-state index < -0.39 is 23.0 Å². The number of likely N-dealkylation sites (tertiary alicyclic amines) is 1. The summed E-state index contributed by atoms with van der Waals surface area (Å²) in [6.45, 7) is 11.4. The van der Waals surface area contributed by atoms with Crippen LogP contribution < -0.4 is 0 Å². The summed E-state index contributed by atoms with van der Waals surface area (Å²) in [5, 5.41) is 9.79. The Morgan fingerprint density at radius 3 is 1.95 bits per heavy atom. The second kappa shape index (κ2) is 5.23. The van der Waals surface area contributed by atoms with Gasteiger partial charge in [0.1, 0.15) is 0 Å². The van der Waals surface area contributed by atoms with Crippen molar-refractivity contribution in [2.45, 2.75) is 66.5 Å². The minimum absolute atomic E-state index is 0.0612. The fourth-order valence-electron chi connectivity index (χ4n) is 2.38. The van der Waals surface area contributed by atoms with Crippen LogP contribution in [0, 0.1) is 10.8 Å². The highest BCUT2D eigenvalue weighted by Crippen LogP contribution is 2.29. The largest absolute Gasteiger partial charge is 0.391 e. The summed E-state index contributed by atoms with van der Waals surface area (Å²) in [5.74, 6) is 0.0193. The van der Waals surface area contributed by atoms with Crippen molar-refractivity contribution in [2.24, 2.45) is 10.8 Å². The van der Waals surface area contributed by atoms with E-state index in [9.17, 15) is 14.7 Å². The molecular formula is C15H27NO3. The summed E-state index contributed by atoms with van der Waals surface area (Å²) in [7, 11) is 0. The maximum atomic E-state index is 12.5. The van der Waals surface area contributed by atoms with Crippen LogP contribution >= 0.6 is 0 Å². The molecule has 1 heterocycles. The number of Topliss-reactive ketones (excluding diaryl/α,β-unsaturated/α-hetero) is 1. The Hall–Kier alpha value is -0.900. The first-order chi connectivity index (χ1) is 8.44. The van der Waals surface area contributed by atoms with Crippen LogP contribution in [0.25, 0.3) is 0 Å². The van der Waals surface area contributed by atoms with E-state index in [2.05, 4.69) is 0 Å². The molecule has 1 N–H and O–H groups in total. The molecule has 0 aromatic heterocycles. The fraction of sp³-hybridized carbons (Fsp3) is 0.867. The molecule has 4 nitrogen and oxygen atoms in total. The molecule has 1 saturated heterocycles. The smallest absolute Gasteiger partial charge is 0.228 e. The van der Waals surface area contributed by atoms with E-state index in [4.69, 9.17) is 0 Å². The Bertz CT molecular complexity index is 363. The molecule has 0 radical (unpaired) electrons. The monoisotopic (exact) mass is 269 g/mol. The van der Waals surface area contributed by atoms with Gasteiger partial charge in [0.2, 0.25) is 5.91 Å². The van der Waals surface area contributed by atoms with Crippen molar-refractivity contribution in [3.8, 4) is 0 Å². The summed E-state index contributed by atoms with van der Waals surface area (Å²) in [6.07, 6.45) is 0.620. The standard InChI is InChI=1S/C15H27NO3/c1-14(2,3)12(18)11-8-7-10(17)9-16(11)13(19)15(4,5)6/h10-11,17H,7-9H2,1-6H3/t10-,11-/m0/s1. The lowest BCUT2D eigenvalue weighted by Gasteiger charge is -2.42. The number of ketones is 1. The minimum atomic E-state index is -0.534. The molecule has 0 aliphatic carbocycles. The molecule has 0 aromatic carbocycles. The number of hydrogen-bond acceptors (Lipinski definition) is 3. The van der Waals surface area contributed by atoms with E-state index in [1.165, 1.54) is 0 Å². The van der Waals surface area contributed by atoms with E-state index >= 15 is 0 Å². The normalized spacial score (nSPS) is 25.3. The van der Waals surface area contributed by atoms with Crippen LogP contribution in [0.1, 0.15) is 54.4 Å². The van der Waals surface area contributed by atoms with Crippen LogP contribution in [-0.4, -0.2) is 40.4 Å². The Labute approximate surface area is 116 Å². The van der Waals surface area contributed by atoms with Gasteiger partial charge in [-0.25, -0.2) is 0 Å². The highest BCUT2D eigenvalue weighted by molar-refractivity contribution is 5.93. The molecule has 0 aromatic rings. The van der Waals surface area contributed by atoms with E-state index in [0.29, 0.717) is 12.8 Å². The number of hydrogen-bond donors (Lipinski definition) is 1. The summed E-state index contributed by atoms with van der Waals surface area (Å²) in [4.78, 5) is 26.5. The van der Waals surface area contributed by atoms with Crippen molar-refractivity contribution in [1.82, 2.24) is 4.90 Å². The highest BCUT2D eigenvalue weighted by Gasteiger charge is 2.42. The van der Waals surface area contributed by atoms with Crippen LogP contribution in [0.5, 0.6) is 0 Å². The average molecular weight is 269 g/mol. The van der Waals surface area contributed by atoms with Crippen molar-refractivity contribution < 1.29 is 14.7 Å². The van der Waals surface area contributed by atoms with Crippen LogP contribution in [0.2, 0.25) is 0 Å². The Morgan fingerprint density at radius 1 is 1.00 bits per heavy atom. The van der Waals surface area contributed by atoms with Gasteiger partial charge in [-0.15, -0.1) is 0 Å². The lowest BCUT2D eigenvalue weighted by molar-refractivity contribution is -0.153. The average Bonchev–Trinajstić information content (AvgIpc) is 2.24. The number of piperidine rings is 1. The molecule has 2 atom stereocenters. The Kier molecular flexibility index (Phi) is 4.45. The van der Waals surface area contributed by atoms with Gasteiger partial charge in [-0.3, -0.25) is 9.59 Å². The minimum Gasteiger partial charge on any atom is -0.391 e. The van der Waals surface area contributed by atoms with Gasteiger partial charge in [0.05, 0.1) is 12.1 Å². The summed E-state index contributed by atoms with van der Waals surface area (Å²) in [5.41, 5.74) is -1.00. The second-order valence-corrected chi connectivity index (χ2v) is 7.57. The molecule has 0 saturated carbocycles. The van der Waals surface area contributed by atoms with E-state index in [0.717, 1.165) is 0 Å². The molecule has 0 spiro atoms. The third kappa shape index (κ3) is 3.78. The van der Waals surface area contributed by atoms with Crippen molar-refractivity contribution in [2.75, 3.05) is 6.54 Å². The van der Waals surface area contributed by atoms with Gasteiger partial charge in [0, 0.05) is 17.4 Å². The van der Waals surface area contributed by atoms with Gasteiger partial charge in [-0.05, 0) is 12.8 Å². The number of aliphatic hydroxyl groups excluding tert-OH is 1. The van der Waals surface area contributed by atoms with E-state index in [-0.39, 0.29) is 18.2 Å². The lowest BCUT2D eigenvalue weighted by atomic mass is 9.81. The molecule has 1 fully saturated rings. The zero-order valence-electron chi connectivity index (χ0n) is 13.0. The van der Waals surface area contributed by atoms with Gasteiger partial charge in [-0.2, -0.15) is 0 Å². The number of carbonyl (C=O) groups is 2. The molecular weight excluding hydrogens is 242 g/mol. The van der Waals surface area contributed by atoms with Gasteiger partial charge in [-0.1, -0.05) is 41.5 Å². The molecule has 0 unspecified atom stereocenters. The van der Waals surface area contributed by atoms with Crippen molar-refractivity contribution >= 4 is 11.7 Å². The highest BCUT2D eigenvalue weighted by atomic mass is 16.3. The quantitative estimate of drug-likeness (QED) is 0.792. The molecule has 19 heavy (non-hydrogen) atoms. The van der Waals surface area contributed by atoms with E-state index in [1.807, 2.05) is 41.5 Å². The maximum Gasteiger partial charge on any atom is 0.228 e. The lowest BCUT2D eigenvalue weighted by Crippen LogP contribution is -2.57. The number of rotatable bonds is 1. The van der Waals surface area contributed by atoms with Crippen molar-refractivity contribution in [3.63, 3.8) is 0 Å². The van der Waals surface area contributed by atoms with Crippen LogP contribution in [0.3, 0.4) is 0 Å². The molecule has 0 bridgehead atoms. The van der Waals surface area contributed by atoms with Gasteiger partial charge < -0.3 is 10.0 Å². The topological polar surface area (TPSA) is 57.6 Å². The second-order valence-electron chi connectivity index (χ2n) is 7.57. The predicted octanol–water partition coefficient (Wildman–Crippen LogP) is 2.00. The number of aliphatic hydroxyl groups is 1. The van der Waals surface area contributed by atoms with Crippen LogP contribution in [0.4, 0.5) is 0 Å². The van der Waals surface area contributed by atoms with Crippen molar-refractivity contribution in [1.29, 1.82) is 0 Å². The first-order valence-electron chi connectivity index (χ1n) is 6.98. The third-order valence-corrected chi connectivity index (χ3v) is 3.50. The van der Waals surface area contributed by atoms with Gasteiger partial charge in [0.15, 0.2) is 5.78 Å². The SMILES string of the molecule is CC(C)(C)C(=O)[C@@H]1CC[C@H](O)CN1C(=O)C(C)(C)C. The number of β-amino-alcohol motifs (C(OH)–C–C–N with tert-alkyl or cyclic N) is 1. The zero-order valence-corrected chi connectivity index (χ0v) is 13.0. The van der Waals surface area contributed by atoms with Gasteiger partial charge in [0.25, 0.3) is 0 Å². The summed E-state index contributed by atoms with van der Waals surface area (Å²) in [6, 6.07) is -0.393. The predicted molar refractivity (Wildman–Crippen MR) is 74.7 cm³/mol. The molecule has 1 amide bonds. The summed E-state index contributed by atoms with van der Waals surface area (Å²) < 4.78 is 0. The Morgan fingerprint density at radius 2 is 1.53 bits per heavy atom. The zero-order chi connectivity index (χ0) is 15.0. The molecule has 110 valence electrons. The third-order valence-electron chi connectivity index (χ3n) is 3.50. The van der Waals surface area contributed by atoms with E-state index in [1.54, 1.807) is 4.90 Å². The molecule has 1 aliphatic heterocycles. The molecule has 4 heteroatoms. The van der Waals surface area contributed by atoms with Crippen molar-refractivity contribution in [3.05, 3.63) is 0 Å². The maximum absolute atomic E-state index is 12.5. The summed E-state index contributed by atoms with van der Waals surface area (Å²) >= 11 is 0. The van der Waals surface area contributed by atoms with Gasteiger partial charge >= 0.3 is 0 Å². The Balaban J connectivity index is 3.01. The fourth-order valence-corrected chi connectivity index (χ4v) is 2.38. The number of carbonyl (C=O) groups excluding carboxylic acids is 2. The number of amides is 1. The number of nitrogens with zero attached hydrogens (tertiary/aromatic N) is 1. The molecule has 1 rings (SSSR count). The molecule has 1 aliphatic rings. The first kappa shape index (κ1) is 16.2. The van der Waals surface area contributed by atoms with Crippen LogP contribution in [0.15, 0.2) is 0 Å².